The summed E-state index contributed by atoms with van der Waals surface area (Å²) in [5.41, 5.74) is 1.32. The zero-order chi connectivity index (χ0) is 10.9. The lowest BCUT2D eigenvalue weighted by Gasteiger charge is -2.23. The molecule has 1 aromatic carbocycles. The number of morpholine rings is 1. The number of hydrogen-bond acceptors (Lipinski definition) is 3. The van der Waals surface area contributed by atoms with Crippen LogP contribution in [0.5, 0.6) is 0 Å². The third kappa shape index (κ3) is 5.52. The van der Waals surface area contributed by atoms with Crippen molar-refractivity contribution in [1.29, 1.82) is 0 Å². The van der Waals surface area contributed by atoms with E-state index >= 15 is 0 Å². The maximum Gasteiger partial charge on any atom is 0.0617 e. The van der Waals surface area contributed by atoms with Crippen molar-refractivity contribution in [2.75, 3.05) is 33.4 Å². The fourth-order valence-corrected chi connectivity index (χ4v) is 1.26. The Bertz CT molecular complexity index is 245. The summed E-state index contributed by atoms with van der Waals surface area (Å²) in [6.45, 7) is 5.48. The van der Waals surface area contributed by atoms with E-state index in [4.69, 9.17) is 9.57 Å². The summed E-state index contributed by atoms with van der Waals surface area (Å²) in [4.78, 5) is 4.94. The van der Waals surface area contributed by atoms with E-state index in [1.165, 1.54) is 5.56 Å². The Morgan fingerprint density at radius 2 is 1.73 bits per heavy atom. The Morgan fingerprint density at radius 3 is 2.07 bits per heavy atom. The van der Waals surface area contributed by atoms with Crippen LogP contribution < -0.4 is 0 Å². The van der Waals surface area contributed by atoms with Gasteiger partial charge >= 0.3 is 0 Å². The number of benzene rings is 1. The Morgan fingerprint density at radius 1 is 1.13 bits per heavy atom. The van der Waals surface area contributed by atoms with Crippen molar-refractivity contribution in [3.05, 3.63) is 35.9 Å². The van der Waals surface area contributed by atoms with Crippen molar-refractivity contribution >= 4 is 0 Å². The Labute approximate surface area is 91.6 Å². The van der Waals surface area contributed by atoms with E-state index in [2.05, 4.69) is 19.1 Å². The van der Waals surface area contributed by atoms with E-state index in [9.17, 15) is 0 Å². The van der Waals surface area contributed by atoms with Gasteiger partial charge in [0.25, 0.3) is 0 Å². The number of aryl methyl sites for hydroxylation is 1. The van der Waals surface area contributed by atoms with E-state index in [-0.39, 0.29) is 0 Å². The van der Waals surface area contributed by atoms with Gasteiger partial charge < -0.3 is 9.57 Å². The van der Waals surface area contributed by atoms with Crippen LogP contribution in [0.15, 0.2) is 30.3 Å². The highest BCUT2D eigenvalue weighted by molar-refractivity contribution is 5.11. The zero-order valence-electron chi connectivity index (χ0n) is 9.48. The van der Waals surface area contributed by atoms with Gasteiger partial charge in [0.1, 0.15) is 0 Å². The number of nitrogens with zero attached hydrogens (tertiary/aromatic N) is 1. The first-order valence-electron chi connectivity index (χ1n) is 5.21. The molecule has 1 heterocycles. The van der Waals surface area contributed by atoms with Crippen LogP contribution in [0, 0.1) is 6.92 Å². The normalized spacial score (nSPS) is 16.7. The molecule has 0 unspecified atom stereocenters. The standard InChI is InChI=1S/C7H8.C5H11NO2/c1-7-5-3-2-4-6-7;1-7-6-2-4-8-5-3-6/h2-6H,1H3;2-5H2,1H3. The highest BCUT2D eigenvalue weighted by Crippen LogP contribution is 1.94. The first-order valence-corrected chi connectivity index (χ1v) is 5.21. The lowest BCUT2D eigenvalue weighted by molar-refractivity contribution is -0.171. The SMILES string of the molecule is CON1CCOCC1.Cc1ccccc1. The molecule has 3 nitrogen and oxygen atoms in total. The van der Waals surface area contributed by atoms with Crippen molar-refractivity contribution in [2.45, 2.75) is 6.92 Å². The smallest absolute Gasteiger partial charge is 0.0617 e. The molecule has 0 aliphatic carbocycles. The van der Waals surface area contributed by atoms with Crippen molar-refractivity contribution in [2.24, 2.45) is 0 Å². The van der Waals surface area contributed by atoms with Gasteiger partial charge in [0.15, 0.2) is 0 Å². The van der Waals surface area contributed by atoms with Gasteiger partial charge in [-0.2, -0.15) is 5.06 Å². The summed E-state index contributed by atoms with van der Waals surface area (Å²) in [6.07, 6.45) is 0. The molecule has 0 aromatic heterocycles. The topological polar surface area (TPSA) is 21.7 Å². The molecule has 0 radical (unpaired) electrons. The van der Waals surface area contributed by atoms with Gasteiger partial charge in [-0.3, -0.25) is 0 Å². The molecule has 1 aliphatic rings. The molecule has 0 N–H and O–H groups in total. The van der Waals surface area contributed by atoms with E-state index in [0.717, 1.165) is 26.3 Å². The molecular formula is C12H19NO2. The summed E-state index contributed by atoms with van der Waals surface area (Å²) in [5, 5.41) is 1.89. The highest BCUT2D eigenvalue weighted by Gasteiger charge is 2.07. The monoisotopic (exact) mass is 209 g/mol. The number of rotatable bonds is 1. The lowest BCUT2D eigenvalue weighted by atomic mass is 10.2. The van der Waals surface area contributed by atoms with Crippen LogP contribution in [0.2, 0.25) is 0 Å². The van der Waals surface area contributed by atoms with Crippen LogP contribution in [-0.2, 0) is 9.57 Å². The third-order valence-electron chi connectivity index (χ3n) is 2.17. The number of hydrogen-bond donors (Lipinski definition) is 0. The number of hydroxylamine groups is 2. The molecule has 3 heteroatoms. The van der Waals surface area contributed by atoms with Gasteiger partial charge in [0, 0.05) is 13.1 Å². The van der Waals surface area contributed by atoms with Gasteiger partial charge in [0.05, 0.1) is 20.3 Å². The molecule has 1 aromatic rings. The van der Waals surface area contributed by atoms with Crippen molar-refractivity contribution in [3.63, 3.8) is 0 Å². The first-order chi connectivity index (χ1) is 7.33. The molecule has 1 saturated heterocycles. The number of ether oxygens (including phenoxy) is 1. The van der Waals surface area contributed by atoms with Crippen LogP contribution in [0.1, 0.15) is 5.56 Å². The Balaban J connectivity index is 0.000000151. The quantitative estimate of drug-likeness (QED) is 0.705. The van der Waals surface area contributed by atoms with Gasteiger partial charge in [-0.15, -0.1) is 0 Å². The van der Waals surface area contributed by atoms with Crippen molar-refractivity contribution in [3.8, 4) is 0 Å². The van der Waals surface area contributed by atoms with Crippen LogP contribution in [0.4, 0.5) is 0 Å². The molecule has 0 atom stereocenters. The molecule has 1 fully saturated rings. The van der Waals surface area contributed by atoms with E-state index in [0.29, 0.717) is 0 Å². The average molecular weight is 209 g/mol. The summed E-state index contributed by atoms with van der Waals surface area (Å²) >= 11 is 0. The maximum atomic E-state index is 5.08. The molecule has 84 valence electrons. The fourth-order valence-electron chi connectivity index (χ4n) is 1.26. The summed E-state index contributed by atoms with van der Waals surface area (Å²) < 4.78 is 5.08. The van der Waals surface area contributed by atoms with Crippen molar-refractivity contribution in [1.82, 2.24) is 5.06 Å². The van der Waals surface area contributed by atoms with Gasteiger partial charge in [-0.1, -0.05) is 35.9 Å². The molecule has 2 rings (SSSR count). The largest absolute Gasteiger partial charge is 0.379 e. The van der Waals surface area contributed by atoms with Crippen molar-refractivity contribution < 1.29 is 9.57 Å². The third-order valence-corrected chi connectivity index (χ3v) is 2.17. The Kier molecular flexibility index (Phi) is 6.00. The molecular weight excluding hydrogens is 190 g/mol. The molecule has 0 spiro atoms. The summed E-state index contributed by atoms with van der Waals surface area (Å²) in [7, 11) is 1.69. The van der Waals surface area contributed by atoms with E-state index in [1.54, 1.807) is 7.11 Å². The van der Waals surface area contributed by atoms with Crippen LogP contribution in [0.3, 0.4) is 0 Å². The van der Waals surface area contributed by atoms with E-state index < -0.39 is 0 Å². The van der Waals surface area contributed by atoms with Gasteiger partial charge in [0.2, 0.25) is 0 Å². The highest BCUT2D eigenvalue weighted by atomic mass is 16.7. The first kappa shape index (κ1) is 12.2. The molecule has 0 saturated carbocycles. The predicted octanol–water partition coefficient (Wildman–Crippen LogP) is 1.88. The van der Waals surface area contributed by atoms with Gasteiger partial charge in [-0.05, 0) is 6.92 Å². The lowest BCUT2D eigenvalue weighted by Crippen LogP contribution is -2.35. The van der Waals surface area contributed by atoms with Crippen LogP contribution in [0.25, 0.3) is 0 Å². The Hall–Kier alpha value is -0.900. The maximum absolute atomic E-state index is 5.08. The molecule has 0 amide bonds. The second-order valence-electron chi connectivity index (χ2n) is 3.38. The average Bonchev–Trinajstić information content (AvgIpc) is 2.32. The van der Waals surface area contributed by atoms with Gasteiger partial charge in [-0.25, -0.2) is 0 Å². The fraction of sp³-hybridized carbons (Fsp3) is 0.500. The van der Waals surface area contributed by atoms with Crippen LogP contribution in [-0.4, -0.2) is 38.5 Å². The molecule has 1 aliphatic heterocycles. The summed E-state index contributed by atoms with van der Waals surface area (Å²) in [5.74, 6) is 0. The second-order valence-corrected chi connectivity index (χ2v) is 3.38. The second kappa shape index (κ2) is 7.40. The minimum Gasteiger partial charge on any atom is -0.379 e. The zero-order valence-corrected chi connectivity index (χ0v) is 9.48. The minimum atomic E-state index is 0.799. The van der Waals surface area contributed by atoms with Crippen LogP contribution >= 0.6 is 0 Å². The summed E-state index contributed by atoms with van der Waals surface area (Å²) in [6, 6.07) is 10.3. The molecule has 15 heavy (non-hydrogen) atoms. The predicted molar refractivity (Wildman–Crippen MR) is 60.6 cm³/mol. The molecule has 0 bridgehead atoms. The van der Waals surface area contributed by atoms with E-state index in [1.807, 2.05) is 23.3 Å². The minimum absolute atomic E-state index is 0.799.